The van der Waals surface area contributed by atoms with Crippen molar-refractivity contribution in [1.29, 1.82) is 0 Å². The van der Waals surface area contributed by atoms with Crippen LogP contribution in [0.15, 0.2) is 0 Å². The Labute approximate surface area is 164 Å². The van der Waals surface area contributed by atoms with Gasteiger partial charge >= 0.3 is 17.9 Å². The minimum atomic E-state index is -1.35. The molecular formula is C19H37NO6Si. The van der Waals surface area contributed by atoms with Gasteiger partial charge in [0.15, 0.2) is 0 Å². The fourth-order valence-electron chi connectivity index (χ4n) is 1.93. The first-order valence-corrected chi connectivity index (χ1v) is 13.0. The second kappa shape index (κ2) is 10.2. The van der Waals surface area contributed by atoms with Gasteiger partial charge < -0.3 is 14.2 Å². The van der Waals surface area contributed by atoms with Crippen molar-refractivity contribution in [2.75, 3.05) is 13.2 Å². The number of hydrogen-bond donors (Lipinski definition) is 1. The lowest BCUT2D eigenvalue weighted by atomic mass is 10.1. The molecule has 0 saturated carbocycles. The van der Waals surface area contributed by atoms with Crippen molar-refractivity contribution in [2.45, 2.75) is 90.9 Å². The van der Waals surface area contributed by atoms with Crippen molar-refractivity contribution in [1.82, 2.24) is 5.32 Å². The van der Waals surface area contributed by atoms with Crippen LogP contribution in [-0.4, -0.2) is 56.4 Å². The van der Waals surface area contributed by atoms with Crippen molar-refractivity contribution in [2.24, 2.45) is 0 Å². The highest BCUT2D eigenvalue weighted by Crippen LogP contribution is 2.12. The molecule has 0 aliphatic carbocycles. The minimum absolute atomic E-state index is 0.201. The maximum atomic E-state index is 12.4. The Morgan fingerprint density at radius 3 is 1.81 bits per heavy atom. The molecular weight excluding hydrogens is 366 g/mol. The van der Waals surface area contributed by atoms with E-state index in [4.69, 9.17) is 14.2 Å². The number of carbonyl (C=O) groups is 3. The van der Waals surface area contributed by atoms with Crippen LogP contribution in [0.5, 0.6) is 0 Å². The zero-order valence-corrected chi connectivity index (χ0v) is 19.4. The van der Waals surface area contributed by atoms with Crippen LogP contribution in [0.2, 0.25) is 25.7 Å². The lowest BCUT2D eigenvalue weighted by Gasteiger charge is -2.24. The van der Waals surface area contributed by atoms with Crippen molar-refractivity contribution in [3.8, 4) is 0 Å². The Morgan fingerprint density at radius 1 is 0.889 bits per heavy atom. The summed E-state index contributed by atoms with van der Waals surface area (Å²) in [5, 5.41) is 2.77. The molecule has 0 aromatic carbocycles. The molecule has 0 rings (SSSR count). The Hall–Kier alpha value is -1.41. The molecule has 1 N–H and O–H groups in total. The molecule has 0 aliphatic rings. The molecule has 0 radical (unpaired) electrons. The number of ether oxygens (including phenoxy) is 3. The zero-order valence-electron chi connectivity index (χ0n) is 18.4. The van der Waals surface area contributed by atoms with Crippen LogP contribution < -0.4 is 5.32 Å². The van der Waals surface area contributed by atoms with E-state index in [1.807, 2.05) is 0 Å². The van der Waals surface area contributed by atoms with Crippen molar-refractivity contribution in [3.63, 3.8) is 0 Å². The van der Waals surface area contributed by atoms with E-state index in [0.29, 0.717) is 6.61 Å². The smallest absolute Gasteiger partial charge is 0.323 e. The van der Waals surface area contributed by atoms with Gasteiger partial charge in [-0.05, 0) is 47.6 Å². The SMILES string of the molecule is CC(C)(C)OC(=O)CN[C@@H](CC(=O)OC(C)(C)C)C(=O)OCC[Si](C)(C)C. The number of carbonyl (C=O) groups excluding carboxylic acids is 3. The summed E-state index contributed by atoms with van der Waals surface area (Å²) in [5.41, 5.74) is -1.29. The molecule has 0 spiro atoms. The predicted octanol–water partition coefficient (Wildman–Crippen LogP) is 2.90. The summed E-state index contributed by atoms with van der Waals surface area (Å²) in [4.78, 5) is 36.4. The Morgan fingerprint density at radius 2 is 1.37 bits per heavy atom. The monoisotopic (exact) mass is 403 g/mol. The van der Waals surface area contributed by atoms with Crippen LogP contribution in [0.4, 0.5) is 0 Å². The third kappa shape index (κ3) is 15.3. The topological polar surface area (TPSA) is 90.9 Å². The molecule has 0 aromatic heterocycles. The van der Waals surface area contributed by atoms with Gasteiger partial charge in [-0.25, -0.2) is 0 Å². The summed E-state index contributed by atoms with van der Waals surface area (Å²) in [6.45, 7) is 17.2. The Bertz CT molecular complexity index is 514. The van der Waals surface area contributed by atoms with Crippen LogP contribution in [0.3, 0.4) is 0 Å². The Balaban J connectivity index is 4.85. The van der Waals surface area contributed by atoms with Gasteiger partial charge in [0, 0.05) is 8.07 Å². The van der Waals surface area contributed by atoms with Crippen LogP contribution in [0.25, 0.3) is 0 Å². The van der Waals surface area contributed by atoms with Crippen LogP contribution in [0, 0.1) is 0 Å². The molecule has 0 aliphatic heterocycles. The van der Waals surface area contributed by atoms with Gasteiger partial charge in [0.1, 0.15) is 17.2 Å². The van der Waals surface area contributed by atoms with Gasteiger partial charge in [-0.1, -0.05) is 19.6 Å². The quantitative estimate of drug-likeness (QED) is 0.359. The molecule has 27 heavy (non-hydrogen) atoms. The predicted molar refractivity (Wildman–Crippen MR) is 107 cm³/mol. The van der Waals surface area contributed by atoms with Crippen LogP contribution >= 0.6 is 0 Å². The highest BCUT2D eigenvalue weighted by Gasteiger charge is 2.28. The Kier molecular flexibility index (Phi) is 9.68. The van der Waals surface area contributed by atoms with Crippen LogP contribution in [-0.2, 0) is 28.6 Å². The van der Waals surface area contributed by atoms with Gasteiger partial charge in [-0.15, -0.1) is 0 Å². The molecule has 7 nitrogen and oxygen atoms in total. The molecule has 0 saturated heterocycles. The molecule has 8 heteroatoms. The second-order valence-electron chi connectivity index (χ2n) is 9.79. The fraction of sp³-hybridized carbons (Fsp3) is 0.842. The standard InChI is InChI=1S/C19H37NO6Si/c1-18(2,3)25-15(21)12-14(17(23)24-10-11-27(7,8)9)20-13-16(22)26-19(4,5)6/h14,20H,10-13H2,1-9H3/t14-/m0/s1. The number of esters is 3. The highest BCUT2D eigenvalue weighted by molar-refractivity contribution is 6.76. The lowest BCUT2D eigenvalue weighted by Crippen LogP contribution is -2.44. The molecule has 1 atom stereocenters. The summed E-state index contributed by atoms with van der Waals surface area (Å²) in [5.74, 6) is -1.61. The first kappa shape index (κ1) is 25.6. The van der Waals surface area contributed by atoms with Gasteiger partial charge in [0.2, 0.25) is 0 Å². The number of nitrogens with one attached hydrogen (secondary N) is 1. The molecule has 0 fully saturated rings. The van der Waals surface area contributed by atoms with Crippen LogP contribution in [0.1, 0.15) is 48.0 Å². The first-order valence-electron chi connectivity index (χ1n) is 9.32. The zero-order chi connectivity index (χ0) is 21.5. The van der Waals surface area contributed by atoms with E-state index in [9.17, 15) is 14.4 Å². The minimum Gasteiger partial charge on any atom is -0.465 e. The molecule has 0 aromatic rings. The summed E-state index contributed by atoms with van der Waals surface area (Å²) in [6, 6.07) is -0.141. The number of hydrogen-bond acceptors (Lipinski definition) is 7. The molecule has 0 bridgehead atoms. The first-order chi connectivity index (χ1) is 12.0. The lowest BCUT2D eigenvalue weighted by molar-refractivity contribution is -0.161. The fourth-order valence-corrected chi connectivity index (χ4v) is 2.65. The average Bonchev–Trinajstić information content (AvgIpc) is 2.37. The third-order valence-corrected chi connectivity index (χ3v) is 4.79. The molecule has 0 unspecified atom stereocenters. The third-order valence-electron chi connectivity index (χ3n) is 3.08. The largest absolute Gasteiger partial charge is 0.465 e. The van der Waals surface area contributed by atoms with Crippen molar-refractivity contribution in [3.05, 3.63) is 0 Å². The van der Waals surface area contributed by atoms with E-state index < -0.39 is 43.2 Å². The molecule has 158 valence electrons. The van der Waals surface area contributed by atoms with Gasteiger partial charge in [-0.2, -0.15) is 0 Å². The normalized spacial score (nSPS) is 13.7. The maximum absolute atomic E-state index is 12.4. The van der Waals surface area contributed by atoms with Gasteiger partial charge in [0.25, 0.3) is 0 Å². The molecule has 0 amide bonds. The second-order valence-corrected chi connectivity index (χ2v) is 15.4. The maximum Gasteiger partial charge on any atom is 0.323 e. The summed E-state index contributed by atoms with van der Waals surface area (Å²) in [7, 11) is -1.35. The van der Waals surface area contributed by atoms with E-state index >= 15 is 0 Å². The van der Waals surface area contributed by atoms with E-state index in [0.717, 1.165) is 6.04 Å². The van der Waals surface area contributed by atoms with E-state index in [2.05, 4.69) is 25.0 Å². The van der Waals surface area contributed by atoms with E-state index in [1.54, 1.807) is 41.5 Å². The van der Waals surface area contributed by atoms with E-state index in [-0.39, 0.29) is 13.0 Å². The van der Waals surface area contributed by atoms with Crippen molar-refractivity contribution < 1.29 is 28.6 Å². The van der Waals surface area contributed by atoms with Crippen molar-refractivity contribution >= 4 is 26.0 Å². The van der Waals surface area contributed by atoms with Gasteiger partial charge in [0.05, 0.1) is 19.6 Å². The summed E-state index contributed by atoms with van der Waals surface area (Å²) >= 11 is 0. The summed E-state index contributed by atoms with van der Waals surface area (Å²) in [6.07, 6.45) is -0.216. The highest BCUT2D eigenvalue weighted by atomic mass is 28.3. The average molecular weight is 404 g/mol. The van der Waals surface area contributed by atoms with Gasteiger partial charge in [-0.3, -0.25) is 19.7 Å². The number of rotatable bonds is 9. The molecule has 0 heterocycles. The van der Waals surface area contributed by atoms with E-state index in [1.165, 1.54) is 0 Å². The summed E-state index contributed by atoms with van der Waals surface area (Å²) < 4.78 is 15.8.